The number of aromatic hydroxyl groups is 1. The Hall–Kier alpha value is -4.43. The van der Waals surface area contributed by atoms with Gasteiger partial charge >= 0.3 is 0 Å². The zero-order valence-corrected chi connectivity index (χ0v) is 20.5. The van der Waals surface area contributed by atoms with E-state index in [-0.39, 0.29) is 17.2 Å². The number of benzene rings is 3. The Labute approximate surface area is 209 Å². The molecule has 0 aliphatic carbocycles. The summed E-state index contributed by atoms with van der Waals surface area (Å²) in [6.07, 6.45) is 1.61. The van der Waals surface area contributed by atoms with Crippen molar-refractivity contribution in [2.45, 2.75) is 0 Å². The van der Waals surface area contributed by atoms with Crippen molar-refractivity contribution in [2.75, 3.05) is 39.1 Å². The molecule has 4 rings (SSSR count). The lowest BCUT2D eigenvalue weighted by molar-refractivity contribution is 0.1000. The lowest BCUT2D eigenvalue weighted by Crippen LogP contribution is -2.28. The average Bonchev–Trinajstić information content (AvgIpc) is 3.19. The van der Waals surface area contributed by atoms with Gasteiger partial charge in [0.1, 0.15) is 0 Å². The number of nitrogens with two attached hydrogens (primary N) is 1. The first-order valence-corrected chi connectivity index (χ1v) is 11.5. The monoisotopic (exact) mass is 483 g/mol. The maximum Gasteiger partial charge on any atom is 0.248 e. The highest BCUT2D eigenvalue weighted by Crippen LogP contribution is 2.28. The van der Waals surface area contributed by atoms with Crippen molar-refractivity contribution in [1.29, 1.82) is 0 Å². The highest BCUT2D eigenvalue weighted by Gasteiger charge is 2.15. The summed E-state index contributed by atoms with van der Waals surface area (Å²) in [5, 5.41) is 11.2. The van der Waals surface area contributed by atoms with Crippen molar-refractivity contribution in [3.05, 3.63) is 89.0 Å². The van der Waals surface area contributed by atoms with Crippen LogP contribution in [-0.4, -0.2) is 67.1 Å². The number of rotatable bonds is 9. The van der Waals surface area contributed by atoms with E-state index in [2.05, 4.69) is 40.9 Å². The van der Waals surface area contributed by atoms with Gasteiger partial charge in [0.2, 0.25) is 5.91 Å². The van der Waals surface area contributed by atoms with Crippen LogP contribution in [0.1, 0.15) is 31.8 Å². The Morgan fingerprint density at radius 3 is 2.33 bits per heavy atom. The van der Waals surface area contributed by atoms with Gasteiger partial charge in [-0.2, -0.15) is 0 Å². The molecule has 8 heteroatoms. The smallest absolute Gasteiger partial charge is 0.248 e. The molecule has 0 fully saturated rings. The van der Waals surface area contributed by atoms with Crippen molar-refractivity contribution in [2.24, 2.45) is 10.7 Å². The first-order valence-electron chi connectivity index (χ1n) is 11.5. The van der Waals surface area contributed by atoms with Crippen LogP contribution >= 0.6 is 0 Å². The molecule has 0 unspecified atom stereocenters. The van der Waals surface area contributed by atoms with E-state index < -0.39 is 5.91 Å². The largest absolute Gasteiger partial charge is 0.494 e. The SMILES string of the molecule is CN(C)CCN(C)c1ccc(N=Cc2c(O)[nH]c3cc(C(=O)c4cccc(C(N)=O)c4)ccc23)cc1. The second-order valence-corrected chi connectivity index (χ2v) is 8.92. The van der Waals surface area contributed by atoms with E-state index in [1.165, 1.54) is 6.07 Å². The fraction of sp³-hybridized carbons (Fsp3) is 0.179. The van der Waals surface area contributed by atoms with E-state index in [0.29, 0.717) is 22.2 Å². The van der Waals surface area contributed by atoms with Crippen molar-refractivity contribution in [3.63, 3.8) is 0 Å². The Morgan fingerprint density at radius 2 is 1.64 bits per heavy atom. The van der Waals surface area contributed by atoms with E-state index in [9.17, 15) is 14.7 Å². The molecule has 0 saturated heterocycles. The minimum atomic E-state index is -0.593. The molecule has 8 nitrogen and oxygen atoms in total. The Kier molecular flexibility index (Phi) is 7.17. The molecular formula is C28H29N5O3. The van der Waals surface area contributed by atoms with Gasteiger partial charge in [0.25, 0.3) is 0 Å². The summed E-state index contributed by atoms with van der Waals surface area (Å²) in [5.74, 6) is -0.877. The third kappa shape index (κ3) is 5.45. The number of likely N-dealkylation sites (N-methyl/N-ethyl adjacent to an activating group) is 2. The van der Waals surface area contributed by atoms with Crippen molar-refractivity contribution in [3.8, 4) is 5.88 Å². The van der Waals surface area contributed by atoms with Gasteiger partial charge in [-0.15, -0.1) is 0 Å². The molecule has 3 aromatic carbocycles. The maximum absolute atomic E-state index is 13.0. The number of nitrogens with zero attached hydrogens (tertiary/aromatic N) is 3. The van der Waals surface area contributed by atoms with Gasteiger partial charge in [0.05, 0.1) is 11.3 Å². The fourth-order valence-electron chi connectivity index (χ4n) is 3.87. The summed E-state index contributed by atoms with van der Waals surface area (Å²) in [5.41, 5.74) is 9.37. The molecule has 0 spiro atoms. The number of carbonyl (C=O) groups excluding carboxylic acids is 2. The number of ketones is 1. The van der Waals surface area contributed by atoms with Gasteiger partial charge in [-0.25, -0.2) is 0 Å². The van der Waals surface area contributed by atoms with Crippen LogP contribution in [0.2, 0.25) is 0 Å². The van der Waals surface area contributed by atoms with E-state index in [1.54, 1.807) is 42.6 Å². The maximum atomic E-state index is 13.0. The number of H-pyrrole nitrogens is 1. The number of primary amides is 1. The fourth-order valence-corrected chi connectivity index (χ4v) is 3.87. The normalized spacial score (nSPS) is 11.4. The first-order chi connectivity index (χ1) is 17.2. The summed E-state index contributed by atoms with van der Waals surface area (Å²) in [6, 6.07) is 19.3. The van der Waals surface area contributed by atoms with E-state index in [0.717, 1.165) is 29.9 Å². The van der Waals surface area contributed by atoms with Gasteiger partial charge in [-0.3, -0.25) is 14.6 Å². The Balaban J connectivity index is 1.54. The highest BCUT2D eigenvalue weighted by atomic mass is 16.3. The minimum Gasteiger partial charge on any atom is -0.494 e. The average molecular weight is 484 g/mol. The number of anilines is 1. The molecule has 0 aliphatic heterocycles. The van der Waals surface area contributed by atoms with Crippen LogP contribution in [0.15, 0.2) is 71.7 Å². The number of amides is 1. The van der Waals surface area contributed by atoms with E-state index in [1.807, 2.05) is 24.3 Å². The summed E-state index contributed by atoms with van der Waals surface area (Å²) in [6.45, 7) is 1.88. The lowest BCUT2D eigenvalue weighted by Gasteiger charge is -2.21. The minimum absolute atomic E-state index is 0.0332. The van der Waals surface area contributed by atoms with Crippen molar-refractivity contribution >= 4 is 40.2 Å². The summed E-state index contributed by atoms with van der Waals surface area (Å²) >= 11 is 0. The summed E-state index contributed by atoms with van der Waals surface area (Å²) in [7, 11) is 6.16. The Bertz CT molecular complexity index is 1440. The molecule has 184 valence electrons. The number of nitrogens with one attached hydrogen (secondary N) is 1. The second-order valence-electron chi connectivity index (χ2n) is 8.92. The van der Waals surface area contributed by atoms with Crippen LogP contribution in [0.4, 0.5) is 11.4 Å². The number of aliphatic imine (C=N–C) groups is 1. The molecule has 4 aromatic rings. The predicted octanol–water partition coefficient (Wildman–Crippen LogP) is 3.95. The number of carbonyl (C=O) groups is 2. The van der Waals surface area contributed by atoms with E-state index in [4.69, 9.17) is 5.73 Å². The van der Waals surface area contributed by atoms with Gasteiger partial charge in [-0.1, -0.05) is 24.3 Å². The molecule has 36 heavy (non-hydrogen) atoms. The van der Waals surface area contributed by atoms with Crippen molar-refractivity contribution in [1.82, 2.24) is 9.88 Å². The summed E-state index contributed by atoms with van der Waals surface area (Å²) < 4.78 is 0. The number of fused-ring (bicyclic) bond motifs is 1. The molecule has 0 aliphatic rings. The van der Waals surface area contributed by atoms with Gasteiger partial charge in [-0.05, 0) is 56.6 Å². The van der Waals surface area contributed by atoms with Crippen LogP contribution in [-0.2, 0) is 0 Å². The molecular weight excluding hydrogens is 454 g/mol. The zero-order chi connectivity index (χ0) is 25.8. The van der Waals surface area contributed by atoms with Gasteiger partial charge in [0, 0.05) is 59.6 Å². The van der Waals surface area contributed by atoms with E-state index >= 15 is 0 Å². The van der Waals surface area contributed by atoms with Crippen molar-refractivity contribution < 1.29 is 14.7 Å². The van der Waals surface area contributed by atoms with Crippen LogP contribution in [0.5, 0.6) is 5.88 Å². The van der Waals surface area contributed by atoms with Gasteiger partial charge < -0.3 is 25.6 Å². The molecule has 0 radical (unpaired) electrons. The molecule has 1 aromatic heterocycles. The number of aromatic nitrogens is 1. The lowest BCUT2D eigenvalue weighted by atomic mass is 10.00. The van der Waals surface area contributed by atoms with Crippen LogP contribution in [0.25, 0.3) is 10.9 Å². The second kappa shape index (κ2) is 10.5. The number of hydrogen-bond acceptors (Lipinski definition) is 6. The number of hydrogen-bond donors (Lipinski definition) is 3. The first kappa shape index (κ1) is 24.7. The quantitative estimate of drug-likeness (QED) is 0.246. The molecule has 0 saturated carbocycles. The zero-order valence-electron chi connectivity index (χ0n) is 20.5. The molecule has 1 heterocycles. The Morgan fingerprint density at radius 1 is 0.944 bits per heavy atom. The van der Waals surface area contributed by atoms with Crippen LogP contribution < -0.4 is 10.6 Å². The standard InChI is InChI=1S/C28H29N5O3/c1-32(2)13-14-33(3)22-10-8-21(9-11-22)30-17-24-23-12-7-19(16-25(23)31-28(24)36)26(34)18-5-4-6-20(15-18)27(29)35/h4-12,15-17,31,36H,13-14H2,1-3H3,(H2,29,35). The molecule has 0 bridgehead atoms. The third-order valence-electron chi connectivity index (χ3n) is 6.01. The predicted molar refractivity (Wildman–Crippen MR) is 144 cm³/mol. The molecule has 0 atom stereocenters. The summed E-state index contributed by atoms with van der Waals surface area (Å²) in [4.78, 5) is 36.2. The van der Waals surface area contributed by atoms with Crippen LogP contribution in [0.3, 0.4) is 0 Å². The highest BCUT2D eigenvalue weighted by molar-refractivity contribution is 6.12. The molecule has 1 amide bonds. The van der Waals surface area contributed by atoms with Gasteiger partial charge in [0.15, 0.2) is 11.7 Å². The molecule has 4 N–H and O–H groups in total. The van der Waals surface area contributed by atoms with Crippen LogP contribution in [0, 0.1) is 0 Å². The third-order valence-corrected chi connectivity index (χ3v) is 6.01. The number of aromatic amines is 1. The topological polar surface area (TPSA) is 115 Å².